The number of carbonyl (C=O) groups is 1. The van der Waals surface area contributed by atoms with E-state index in [0.717, 1.165) is 12.1 Å². The minimum atomic E-state index is -0.983. The zero-order chi connectivity index (χ0) is 15.8. The van der Waals surface area contributed by atoms with Crippen molar-refractivity contribution in [1.82, 2.24) is 10.2 Å². The number of rotatable bonds is 8. The van der Waals surface area contributed by atoms with E-state index < -0.39 is 17.7 Å². The molecule has 0 saturated carbocycles. The monoisotopic (exact) mass is 300 g/mol. The molecule has 1 amide bonds. The number of benzene rings is 1. The average molecular weight is 300 g/mol. The molecule has 0 aliphatic carbocycles. The van der Waals surface area contributed by atoms with Crippen LogP contribution in [0.5, 0.6) is 0 Å². The lowest BCUT2D eigenvalue weighted by Gasteiger charge is -2.19. The molecular weight excluding hydrogens is 278 g/mol. The molecule has 0 bridgehead atoms. The van der Waals surface area contributed by atoms with Crippen LogP contribution in [0.2, 0.25) is 0 Å². The van der Waals surface area contributed by atoms with Crippen molar-refractivity contribution >= 4 is 5.91 Å². The Morgan fingerprint density at radius 1 is 1.29 bits per heavy atom. The Morgan fingerprint density at radius 3 is 2.52 bits per heavy atom. The molecule has 118 valence electrons. The summed E-state index contributed by atoms with van der Waals surface area (Å²) in [5.41, 5.74) is 0.302. The molecule has 0 heterocycles. The molecule has 0 aromatic heterocycles. The molecule has 2 N–H and O–H groups in total. The van der Waals surface area contributed by atoms with E-state index >= 15 is 0 Å². The fourth-order valence-corrected chi connectivity index (χ4v) is 2.01. The maximum atomic E-state index is 13.0. The number of hydrogen-bond donors (Lipinski definition) is 2. The van der Waals surface area contributed by atoms with Gasteiger partial charge in [0.15, 0.2) is 11.6 Å². The zero-order valence-corrected chi connectivity index (χ0v) is 12.4. The summed E-state index contributed by atoms with van der Waals surface area (Å²) in [6, 6.07) is 3.30. The number of aliphatic hydroxyl groups excluding tert-OH is 1. The van der Waals surface area contributed by atoms with Gasteiger partial charge in [0, 0.05) is 32.6 Å². The fraction of sp³-hybridized carbons (Fsp3) is 0.533. The van der Waals surface area contributed by atoms with Crippen molar-refractivity contribution in [2.75, 3.05) is 26.2 Å². The van der Waals surface area contributed by atoms with Crippen molar-refractivity contribution < 1.29 is 18.7 Å². The number of nitrogens with zero attached hydrogens (tertiary/aromatic N) is 1. The summed E-state index contributed by atoms with van der Waals surface area (Å²) in [5.74, 6) is -1.87. The van der Waals surface area contributed by atoms with E-state index in [4.69, 9.17) is 0 Å². The summed E-state index contributed by atoms with van der Waals surface area (Å²) in [7, 11) is 0. The lowest BCUT2D eigenvalue weighted by molar-refractivity contribution is -0.130. The van der Waals surface area contributed by atoms with Crippen LogP contribution < -0.4 is 5.32 Å². The van der Waals surface area contributed by atoms with Gasteiger partial charge in [0.25, 0.3) is 0 Å². The summed E-state index contributed by atoms with van der Waals surface area (Å²) < 4.78 is 25.8. The van der Waals surface area contributed by atoms with Crippen LogP contribution in [0.3, 0.4) is 0 Å². The molecule has 0 fully saturated rings. The van der Waals surface area contributed by atoms with Crippen molar-refractivity contribution in [2.24, 2.45) is 0 Å². The number of hydrogen-bond acceptors (Lipinski definition) is 3. The second-order valence-electron chi connectivity index (χ2n) is 4.71. The molecule has 1 unspecified atom stereocenters. The predicted molar refractivity (Wildman–Crippen MR) is 76.7 cm³/mol. The Balaban J connectivity index is 2.35. The maximum absolute atomic E-state index is 13.0. The van der Waals surface area contributed by atoms with Gasteiger partial charge in [-0.2, -0.15) is 0 Å². The van der Waals surface area contributed by atoms with Crippen LogP contribution in [0.1, 0.15) is 31.9 Å². The molecule has 1 rings (SSSR count). The lowest BCUT2D eigenvalue weighted by atomic mass is 10.1. The van der Waals surface area contributed by atoms with Gasteiger partial charge in [0.2, 0.25) is 5.91 Å². The number of halogens is 2. The van der Waals surface area contributed by atoms with Gasteiger partial charge in [-0.1, -0.05) is 6.07 Å². The van der Waals surface area contributed by atoms with Crippen molar-refractivity contribution in [3.05, 3.63) is 35.4 Å². The lowest BCUT2D eigenvalue weighted by Crippen LogP contribution is -2.33. The van der Waals surface area contributed by atoms with Gasteiger partial charge in [0.05, 0.1) is 6.10 Å². The first-order valence-corrected chi connectivity index (χ1v) is 7.11. The predicted octanol–water partition coefficient (Wildman–Crippen LogP) is 1.85. The van der Waals surface area contributed by atoms with Crippen LogP contribution in [-0.4, -0.2) is 42.1 Å². The highest BCUT2D eigenvalue weighted by Crippen LogP contribution is 2.15. The van der Waals surface area contributed by atoms with Crippen LogP contribution in [0.4, 0.5) is 8.78 Å². The Morgan fingerprint density at radius 2 is 1.95 bits per heavy atom. The van der Waals surface area contributed by atoms with E-state index in [2.05, 4.69) is 5.32 Å². The van der Waals surface area contributed by atoms with Crippen LogP contribution in [0.25, 0.3) is 0 Å². The molecule has 0 radical (unpaired) electrons. The van der Waals surface area contributed by atoms with Gasteiger partial charge in [-0.3, -0.25) is 4.79 Å². The summed E-state index contributed by atoms with van der Waals surface area (Å²) in [6.07, 6.45) is -0.602. The van der Waals surface area contributed by atoms with Gasteiger partial charge in [-0.05, 0) is 31.5 Å². The third-order valence-corrected chi connectivity index (χ3v) is 3.30. The second kappa shape index (κ2) is 8.69. The fourth-order valence-electron chi connectivity index (χ4n) is 2.01. The Kier molecular flexibility index (Phi) is 7.25. The molecule has 0 spiro atoms. The van der Waals surface area contributed by atoms with E-state index in [0.29, 0.717) is 31.6 Å². The van der Waals surface area contributed by atoms with Crippen molar-refractivity contribution in [1.29, 1.82) is 0 Å². The highest BCUT2D eigenvalue weighted by molar-refractivity contribution is 5.76. The van der Waals surface area contributed by atoms with E-state index in [9.17, 15) is 18.7 Å². The normalized spacial score (nSPS) is 12.2. The molecule has 6 heteroatoms. The largest absolute Gasteiger partial charge is 0.387 e. The topological polar surface area (TPSA) is 52.6 Å². The van der Waals surface area contributed by atoms with Crippen LogP contribution in [0.15, 0.2) is 18.2 Å². The maximum Gasteiger partial charge on any atom is 0.223 e. The molecule has 4 nitrogen and oxygen atoms in total. The van der Waals surface area contributed by atoms with Crippen molar-refractivity contribution in [3.8, 4) is 0 Å². The summed E-state index contributed by atoms with van der Waals surface area (Å²) in [6.45, 7) is 5.79. The summed E-state index contributed by atoms with van der Waals surface area (Å²) >= 11 is 0. The average Bonchev–Trinajstić information content (AvgIpc) is 2.47. The van der Waals surface area contributed by atoms with E-state index in [1.807, 2.05) is 13.8 Å². The van der Waals surface area contributed by atoms with Crippen LogP contribution in [0, 0.1) is 11.6 Å². The van der Waals surface area contributed by atoms with E-state index in [1.165, 1.54) is 6.07 Å². The third-order valence-electron chi connectivity index (χ3n) is 3.30. The smallest absolute Gasteiger partial charge is 0.223 e. The van der Waals surface area contributed by atoms with Gasteiger partial charge >= 0.3 is 0 Å². The molecule has 0 saturated heterocycles. The number of aliphatic hydroxyl groups is 1. The van der Waals surface area contributed by atoms with Crippen LogP contribution in [-0.2, 0) is 4.79 Å². The van der Waals surface area contributed by atoms with Gasteiger partial charge in [-0.15, -0.1) is 0 Å². The molecule has 21 heavy (non-hydrogen) atoms. The minimum Gasteiger partial charge on any atom is -0.387 e. The standard InChI is InChI=1S/C15H22F2N2O2/c1-3-19(4-2)15(21)7-8-18-10-14(20)11-5-6-12(16)13(17)9-11/h5-6,9,14,18,20H,3-4,7-8,10H2,1-2H3. The molecule has 0 aliphatic rings. The first-order valence-electron chi connectivity index (χ1n) is 7.11. The Hall–Kier alpha value is -1.53. The van der Waals surface area contributed by atoms with E-state index in [1.54, 1.807) is 4.90 Å². The van der Waals surface area contributed by atoms with E-state index in [-0.39, 0.29) is 12.5 Å². The first kappa shape index (κ1) is 17.5. The van der Waals surface area contributed by atoms with Gasteiger partial charge in [0.1, 0.15) is 0 Å². The quantitative estimate of drug-likeness (QED) is 0.720. The molecular formula is C15H22F2N2O2. The summed E-state index contributed by atoms with van der Waals surface area (Å²) in [4.78, 5) is 13.5. The SMILES string of the molecule is CCN(CC)C(=O)CCNCC(O)c1ccc(F)c(F)c1. The van der Waals surface area contributed by atoms with Crippen molar-refractivity contribution in [3.63, 3.8) is 0 Å². The Labute approximate surface area is 123 Å². The Bertz CT molecular complexity index is 465. The van der Waals surface area contributed by atoms with Gasteiger partial charge < -0.3 is 15.3 Å². The minimum absolute atomic E-state index is 0.0508. The van der Waals surface area contributed by atoms with Gasteiger partial charge in [-0.25, -0.2) is 8.78 Å². The molecule has 1 aromatic carbocycles. The highest BCUT2D eigenvalue weighted by atomic mass is 19.2. The molecule has 0 aliphatic heterocycles. The zero-order valence-electron chi connectivity index (χ0n) is 12.4. The number of nitrogens with one attached hydrogen (secondary N) is 1. The van der Waals surface area contributed by atoms with Crippen LogP contribution >= 0.6 is 0 Å². The number of amides is 1. The molecule has 1 atom stereocenters. The van der Waals surface area contributed by atoms with Crippen molar-refractivity contribution in [2.45, 2.75) is 26.4 Å². The second-order valence-corrected chi connectivity index (χ2v) is 4.71. The number of carbonyl (C=O) groups excluding carboxylic acids is 1. The third kappa shape index (κ3) is 5.40. The highest BCUT2D eigenvalue weighted by Gasteiger charge is 2.12. The first-order chi connectivity index (χ1) is 9.99. The summed E-state index contributed by atoms with van der Waals surface area (Å²) in [5, 5.41) is 12.8. The molecule has 1 aromatic rings.